The van der Waals surface area contributed by atoms with Crippen LogP contribution in [0.25, 0.3) is 0 Å². The van der Waals surface area contributed by atoms with Crippen molar-refractivity contribution < 1.29 is 9.69 Å². The number of carbonyl (C=O) groups is 1. The highest BCUT2D eigenvalue weighted by molar-refractivity contribution is 5.93. The molecule has 1 unspecified atom stereocenters. The number of quaternary nitrogens is 1. The Bertz CT molecular complexity index is 762. The quantitative estimate of drug-likeness (QED) is 0.843. The standard InChI is InChI=1S/C20H24N4O/c1-15(20(25)22-18-7-5-6-17(12-18)13-21)24(4)14-16-8-10-19(11-9-16)23(2)3/h5-12,15H,14H2,1-4H3,(H,22,25)/p+1/t15-/m1/s1. The fraction of sp³-hybridized carbons (Fsp3) is 0.300. The molecule has 0 fully saturated rings. The van der Waals surface area contributed by atoms with E-state index in [-0.39, 0.29) is 11.9 Å². The molecule has 130 valence electrons. The lowest BCUT2D eigenvalue weighted by Crippen LogP contribution is -3.12. The van der Waals surface area contributed by atoms with Gasteiger partial charge in [-0.1, -0.05) is 18.2 Å². The summed E-state index contributed by atoms with van der Waals surface area (Å²) in [7, 11) is 6.04. The summed E-state index contributed by atoms with van der Waals surface area (Å²) in [6, 6.07) is 17.2. The number of hydrogen-bond acceptors (Lipinski definition) is 3. The molecule has 5 nitrogen and oxygen atoms in total. The molecule has 0 spiro atoms. The van der Waals surface area contributed by atoms with Gasteiger partial charge in [-0.15, -0.1) is 0 Å². The number of amides is 1. The Morgan fingerprint density at radius 3 is 2.52 bits per heavy atom. The number of hydrogen-bond donors (Lipinski definition) is 2. The van der Waals surface area contributed by atoms with Crippen molar-refractivity contribution in [3.05, 3.63) is 59.7 Å². The number of rotatable bonds is 6. The van der Waals surface area contributed by atoms with Gasteiger partial charge in [0, 0.05) is 31.0 Å². The first-order chi connectivity index (χ1) is 11.9. The van der Waals surface area contributed by atoms with Crippen LogP contribution in [-0.4, -0.2) is 33.1 Å². The van der Waals surface area contributed by atoms with Gasteiger partial charge < -0.3 is 15.1 Å². The molecule has 25 heavy (non-hydrogen) atoms. The number of nitrogens with one attached hydrogen (secondary N) is 2. The molecule has 0 aliphatic carbocycles. The largest absolute Gasteiger partial charge is 0.378 e. The average Bonchev–Trinajstić information content (AvgIpc) is 2.61. The predicted octanol–water partition coefficient (Wildman–Crippen LogP) is 1.67. The molecule has 0 saturated heterocycles. The summed E-state index contributed by atoms with van der Waals surface area (Å²) in [5.74, 6) is -0.0579. The minimum Gasteiger partial charge on any atom is -0.378 e. The zero-order chi connectivity index (χ0) is 18.4. The van der Waals surface area contributed by atoms with Gasteiger partial charge >= 0.3 is 0 Å². The summed E-state index contributed by atoms with van der Waals surface area (Å²) in [6.45, 7) is 2.67. The number of likely N-dealkylation sites (N-methyl/N-ethyl adjacent to an activating group) is 1. The van der Waals surface area contributed by atoms with Gasteiger partial charge in [-0.05, 0) is 37.3 Å². The Balaban J connectivity index is 1.97. The number of anilines is 2. The maximum absolute atomic E-state index is 12.5. The number of carbonyl (C=O) groups excluding carboxylic acids is 1. The molecule has 0 bridgehead atoms. The smallest absolute Gasteiger partial charge is 0.282 e. The Kier molecular flexibility index (Phi) is 6.15. The molecule has 5 heteroatoms. The minimum absolute atomic E-state index is 0.0579. The number of nitrogens with zero attached hydrogens (tertiary/aromatic N) is 2. The molecule has 2 rings (SSSR count). The molecule has 2 aromatic carbocycles. The van der Waals surface area contributed by atoms with Gasteiger partial charge in [0.05, 0.1) is 18.7 Å². The summed E-state index contributed by atoms with van der Waals surface area (Å²) in [5, 5.41) is 11.8. The number of benzene rings is 2. The highest BCUT2D eigenvalue weighted by Gasteiger charge is 2.22. The maximum atomic E-state index is 12.5. The van der Waals surface area contributed by atoms with Gasteiger partial charge in [0.15, 0.2) is 6.04 Å². The second-order valence-electron chi connectivity index (χ2n) is 6.49. The lowest BCUT2D eigenvalue weighted by atomic mass is 10.1. The van der Waals surface area contributed by atoms with E-state index >= 15 is 0 Å². The normalized spacial score (nSPS) is 12.8. The van der Waals surface area contributed by atoms with Crippen LogP contribution in [0, 0.1) is 11.3 Å². The van der Waals surface area contributed by atoms with Crippen LogP contribution in [0.5, 0.6) is 0 Å². The van der Waals surface area contributed by atoms with Crippen molar-refractivity contribution in [2.45, 2.75) is 19.5 Å². The van der Waals surface area contributed by atoms with E-state index in [1.54, 1.807) is 24.3 Å². The summed E-state index contributed by atoms with van der Waals surface area (Å²) in [4.78, 5) is 15.6. The fourth-order valence-corrected chi connectivity index (χ4v) is 2.53. The van der Waals surface area contributed by atoms with E-state index in [0.717, 1.165) is 17.1 Å². The Labute approximate surface area is 149 Å². The second-order valence-corrected chi connectivity index (χ2v) is 6.49. The zero-order valence-corrected chi connectivity index (χ0v) is 15.2. The van der Waals surface area contributed by atoms with Gasteiger partial charge in [0.1, 0.15) is 6.54 Å². The van der Waals surface area contributed by atoms with Gasteiger partial charge in [0.25, 0.3) is 5.91 Å². The average molecular weight is 337 g/mol. The third-order valence-corrected chi connectivity index (χ3v) is 4.33. The fourth-order valence-electron chi connectivity index (χ4n) is 2.53. The Morgan fingerprint density at radius 2 is 1.92 bits per heavy atom. The summed E-state index contributed by atoms with van der Waals surface area (Å²) >= 11 is 0. The van der Waals surface area contributed by atoms with E-state index in [1.807, 2.05) is 28.1 Å². The molecule has 0 heterocycles. The van der Waals surface area contributed by atoms with Crippen LogP contribution in [0.3, 0.4) is 0 Å². The highest BCUT2D eigenvalue weighted by atomic mass is 16.2. The van der Waals surface area contributed by atoms with E-state index < -0.39 is 0 Å². The van der Waals surface area contributed by atoms with E-state index in [2.05, 4.69) is 40.6 Å². The molecule has 2 aromatic rings. The Hall–Kier alpha value is -2.84. The second kappa shape index (κ2) is 8.32. The first-order valence-electron chi connectivity index (χ1n) is 8.30. The molecule has 2 atom stereocenters. The lowest BCUT2D eigenvalue weighted by molar-refractivity contribution is -0.907. The van der Waals surface area contributed by atoms with E-state index in [9.17, 15) is 4.79 Å². The molecule has 0 aliphatic rings. The van der Waals surface area contributed by atoms with Crippen molar-refractivity contribution in [1.29, 1.82) is 5.26 Å². The minimum atomic E-state index is -0.209. The van der Waals surface area contributed by atoms with Gasteiger partial charge in [-0.25, -0.2) is 0 Å². The van der Waals surface area contributed by atoms with Crippen LogP contribution in [0.15, 0.2) is 48.5 Å². The first kappa shape index (κ1) is 18.5. The van der Waals surface area contributed by atoms with Crippen LogP contribution >= 0.6 is 0 Å². The van der Waals surface area contributed by atoms with Crippen LogP contribution in [0.1, 0.15) is 18.1 Å². The van der Waals surface area contributed by atoms with Crippen LogP contribution < -0.4 is 15.1 Å². The van der Waals surface area contributed by atoms with Crippen molar-refractivity contribution in [3.8, 4) is 6.07 Å². The SMILES string of the molecule is C[C@H](C(=O)Nc1cccc(C#N)c1)[NH+](C)Cc1ccc(N(C)C)cc1. The third kappa shape index (κ3) is 5.07. The lowest BCUT2D eigenvalue weighted by Gasteiger charge is -2.21. The van der Waals surface area contributed by atoms with Crippen molar-refractivity contribution in [3.63, 3.8) is 0 Å². The third-order valence-electron chi connectivity index (χ3n) is 4.33. The van der Waals surface area contributed by atoms with Gasteiger partial charge in [0.2, 0.25) is 0 Å². The van der Waals surface area contributed by atoms with Crippen molar-refractivity contribution in [1.82, 2.24) is 0 Å². The van der Waals surface area contributed by atoms with Crippen LogP contribution in [-0.2, 0) is 11.3 Å². The zero-order valence-electron chi connectivity index (χ0n) is 15.2. The van der Waals surface area contributed by atoms with Crippen molar-refractivity contribution in [2.75, 3.05) is 31.4 Å². The van der Waals surface area contributed by atoms with E-state index in [1.165, 1.54) is 5.56 Å². The molecular formula is C20H25N4O+. The molecular weight excluding hydrogens is 312 g/mol. The summed E-state index contributed by atoms with van der Waals surface area (Å²) < 4.78 is 0. The highest BCUT2D eigenvalue weighted by Crippen LogP contribution is 2.12. The van der Waals surface area contributed by atoms with Gasteiger partial charge in [-0.2, -0.15) is 5.26 Å². The van der Waals surface area contributed by atoms with Crippen LogP contribution in [0.4, 0.5) is 11.4 Å². The van der Waals surface area contributed by atoms with Gasteiger partial charge in [-0.3, -0.25) is 4.79 Å². The number of nitriles is 1. The summed E-state index contributed by atoms with van der Waals surface area (Å²) in [5.41, 5.74) is 3.53. The molecule has 0 radical (unpaired) electrons. The predicted molar refractivity (Wildman–Crippen MR) is 101 cm³/mol. The van der Waals surface area contributed by atoms with Crippen molar-refractivity contribution in [2.24, 2.45) is 0 Å². The molecule has 1 amide bonds. The summed E-state index contributed by atoms with van der Waals surface area (Å²) in [6.07, 6.45) is 0. The van der Waals surface area contributed by atoms with E-state index in [0.29, 0.717) is 11.3 Å². The first-order valence-corrected chi connectivity index (χ1v) is 8.30. The van der Waals surface area contributed by atoms with E-state index in [4.69, 9.17) is 5.26 Å². The topological polar surface area (TPSA) is 60.6 Å². The molecule has 0 aromatic heterocycles. The van der Waals surface area contributed by atoms with Crippen LogP contribution in [0.2, 0.25) is 0 Å². The molecule has 0 aliphatic heterocycles. The Morgan fingerprint density at radius 1 is 1.24 bits per heavy atom. The molecule has 2 N–H and O–H groups in total. The van der Waals surface area contributed by atoms with Crippen molar-refractivity contribution >= 4 is 17.3 Å². The monoisotopic (exact) mass is 337 g/mol. The maximum Gasteiger partial charge on any atom is 0.282 e. The molecule has 0 saturated carbocycles.